The number of carbonyl (C=O) groups is 1. The van der Waals surface area contributed by atoms with E-state index in [0.717, 1.165) is 10.8 Å². The molecule has 1 aliphatic heterocycles. The van der Waals surface area contributed by atoms with Crippen LogP contribution in [0.15, 0.2) is 64.1 Å². The van der Waals surface area contributed by atoms with Gasteiger partial charge in [0.25, 0.3) is 5.91 Å². The molecule has 1 fully saturated rings. The molecule has 2 N–H and O–H groups in total. The third-order valence-electron chi connectivity index (χ3n) is 4.99. The average Bonchev–Trinajstić information content (AvgIpc) is 3.22. The Hall–Kier alpha value is -2.39. The minimum Gasteiger partial charge on any atom is -0.467 e. The molecular formula is C20H22ClN3O4S. The van der Waals surface area contributed by atoms with E-state index in [0.29, 0.717) is 24.4 Å². The Morgan fingerprint density at radius 2 is 1.69 bits per heavy atom. The highest BCUT2D eigenvalue weighted by Gasteiger charge is 2.31. The molecule has 0 radical (unpaired) electrons. The van der Waals surface area contributed by atoms with Gasteiger partial charge in [-0.25, -0.2) is 8.42 Å². The predicted molar refractivity (Wildman–Crippen MR) is 112 cm³/mol. The van der Waals surface area contributed by atoms with Gasteiger partial charge in [0, 0.05) is 26.2 Å². The third kappa shape index (κ3) is 4.16. The van der Waals surface area contributed by atoms with E-state index in [2.05, 4.69) is 0 Å². The molecule has 0 atom stereocenters. The molecule has 9 heteroatoms. The molecule has 0 bridgehead atoms. The SMILES string of the molecule is Cl.NCc1cc(C(=O)N2CCN(S(=O)(=O)c3ccc4ccccc4c3)CC2)co1. The maximum atomic E-state index is 13.0. The van der Waals surface area contributed by atoms with Crippen LogP contribution in [0.5, 0.6) is 0 Å². The smallest absolute Gasteiger partial charge is 0.257 e. The molecule has 0 unspecified atom stereocenters. The number of furan rings is 1. The van der Waals surface area contributed by atoms with Gasteiger partial charge in [-0.1, -0.05) is 30.3 Å². The summed E-state index contributed by atoms with van der Waals surface area (Å²) >= 11 is 0. The highest BCUT2D eigenvalue weighted by Crippen LogP contribution is 2.23. The quantitative estimate of drug-likeness (QED) is 0.679. The molecule has 4 rings (SSSR count). The van der Waals surface area contributed by atoms with Crippen LogP contribution in [0.2, 0.25) is 0 Å². The first-order chi connectivity index (χ1) is 13.5. The molecule has 1 aromatic heterocycles. The number of nitrogens with two attached hydrogens (primary N) is 1. The fraction of sp³-hybridized carbons (Fsp3) is 0.250. The van der Waals surface area contributed by atoms with Crippen molar-refractivity contribution in [1.29, 1.82) is 0 Å². The van der Waals surface area contributed by atoms with Crippen LogP contribution in [0.3, 0.4) is 0 Å². The van der Waals surface area contributed by atoms with Gasteiger partial charge in [-0.3, -0.25) is 4.79 Å². The number of amides is 1. The Balaban J connectivity index is 0.00000240. The summed E-state index contributed by atoms with van der Waals surface area (Å²) in [5.41, 5.74) is 5.94. The number of hydrogen-bond acceptors (Lipinski definition) is 5. The highest BCUT2D eigenvalue weighted by atomic mass is 35.5. The monoisotopic (exact) mass is 435 g/mol. The van der Waals surface area contributed by atoms with Crippen LogP contribution in [-0.4, -0.2) is 49.7 Å². The van der Waals surface area contributed by atoms with Crippen molar-refractivity contribution in [2.45, 2.75) is 11.4 Å². The van der Waals surface area contributed by atoms with Crippen molar-refractivity contribution in [3.05, 3.63) is 66.1 Å². The van der Waals surface area contributed by atoms with Gasteiger partial charge in [0.05, 0.1) is 17.0 Å². The van der Waals surface area contributed by atoms with Gasteiger partial charge in [-0.15, -0.1) is 12.4 Å². The van der Waals surface area contributed by atoms with Crippen LogP contribution in [0.4, 0.5) is 0 Å². The normalized spacial score (nSPS) is 15.3. The van der Waals surface area contributed by atoms with Gasteiger partial charge >= 0.3 is 0 Å². The van der Waals surface area contributed by atoms with Crippen molar-refractivity contribution in [3.8, 4) is 0 Å². The zero-order chi connectivity index (χ0) is 19.7. The number of benzene rings is 2. The Bertz CT molecular complexity index is 1120. The van der Waals surface area contributed by atoms with E-state index in [9.17, 15) is 13.2 Å². The molecule has 0 aliphatic carbocycles. The van der Waals surface area contributed by atoms with Gasteiger partial charge in [0.15, 0.2) is 0 Å². The number of halogens is 1. The standard InChI is InChI=1S/C20H21N3O4S.ClH/c21-13-18-11-17(14-27-18)20(24)22-7-9-23(10-8-22)28(25,26)19-6-5-15-3-1-2-4-16(15)12-19;/h1-6,11-12,14H,7-10,13,21H2;1H. The number of carbonyl (C=O) groups excluding carboxylic acids is 1. The van der Waals surface area contributed by atoms with Crippen molar-refractivity contribution in [3.63, 3.8) is 0 Å². The fourth-order valence-corrected chi connectivity index (χ4v) is 4.85. The number of fused-ring (bicyclic) bond motifs is 1. The molecule has 1 saturated heterocycles. The number of sulfonamides is 1. The van der Waals surface area contributed by atoms with E-state index < -0.39 is 10.0 Å². The average molecular weight is 436 g/mol. The first kappa shape index (κ1) is 21.3. The maximum Gasteiger partial charge on any atom is 0.257 e. The molecule has 3 aromatic rings. The fourth-order valence-electron chi connectivity index (χ4n) is 3.39. The minimum atomic E-state index is -3.61. The first-order valence-corrected chi connectivity index (χ1v) is 10.5. The minimum absolute atomic E-state index is 0. The zero-order valence-electron chi connectivity index (χ0n) is 15.7. The summed E-state index contributed by atoms with van der Waals surface area (Å²) < 4.78 is 32.7. The predicted octanol–water partition coefficient (Wildman–Crippen LogP) is 2.46. The second-order valence-electron chi connectivity index (χ2n) is 6.71. The lowest BCUT2D eigenvalue weighted by Crippen LogP contribution is -2.50. The Morgan fingerprint density at radius 1 is 1.00 bits per heavy atom. The van der Waals surface area contributed by atoms with Crippen LogP contribution in [-0.2, 0) is 16.6 Å². The second kappa shape index (κ2) is 8.54. The van der Waals surface area contributed by atoms with Crippen LogP contribution in [0.25, 0.3) is 10.8 Å². The Kier molecular flexibility index (Phi) is 6.28. The van der Waals surface area contributed by atoms with Crippen molar-refractivity contribution in [2.24, 2.45) is 5.73 Å². The van der Waals surface area contributed by atoms with Gasteiger partial charge < -0.3 is 15.1 Å². The molecule has 154 valence electrons. The van der Waals surface area contributed by atoms with E-state index in [1.165, 1.54) is 10.6 Å². The highest BCUT2D eigenvalue weighted by molar-refractivity contribution is 7.89. The largest absolute Gasteiger partial charge is 0.467 e. The first-order valence-electron chi connectivity index (χ1n) is 9.05. The molecule has 2 heterocycles. The number of piperazine rings is 1. The Morgan fingerprint density at radius 3 is 2.34 bits per heavy atom. The van der Waals surface area contributed by atoms with Crippen molar-refractivity contribution in [1.82, 2.24) is 9.21 Å². The van der Waals surface area contributed by atoms with Gasteiger partial charge in [0.1, 0.15) is 12.0 Å². The Labute approximate surface area is 175 Å². The lowest BCUT2D eigenvalue weighted by molar-refractivity contribution is 0.0697. The summed E-state index contributed by atoms with van der Waals surface area (Å²) in [4.78, 5) is 14.5. The molecule has 0 saturated carbocycles. The molecule has 1 amide bonds. The topological polar surface area (TPSA) is 96.9 Å². The zero-order valence-corrected chi connectivity index (χ0v) is 17.3. The van der Waals surface area contributed by atoms with Crippen molar-refractivity contribution in [2.75, 3.05) is 26.2 Å². The molecule has 1 aliphatic rings. The summed E-state index contributed by atoms with van der Waals surface area (Å²) in [5.74, 6) is 0.368. The maximum absolute atomic E-state index is 13.0. The summed E-state index contributed by atoms with van der Waals surface area (Å²) in [6, 6.07) is 14.4. The van der Waals surface area contributed by atoms with E-state index in [-0.39, 0.29) is 42.8 Å². The third-order valence-corrected chi connectivity index (χ3v) is 6.88. The van der Waals surface area contributed by atoms with Gasteiger partial charge in [-0.2, -0.15) is 4.31 Å². The molecule has 2 aromatic carbocycles. The molecule has 7 nitrogen and oxygen atoms in total. The molecule has 29 heavy (non-hydrogen) atoms. The lowest BCUT2D eigenvalue weighted by atomic mass is 10.1. The van der Waals surface area contributed by atoms with E-state index >= 15 is 0 Å². The molecule has 0 spiro atoms. The van der Waals surface area contributed by atoms with Gasteiger partial charge in [0.2, 0.25) is 10.0 Å². The van der Waals surface area contributed by atoms with E-state index in [4.69, 9.17) is 10.2 Å². The van der Waals surface area contributed by atoms with Crippen LogP contribution < -0.4 is 5.73 Å². The lowest BCUT2D eigenvalue weighted by Gasteiger charge is -2.33. The number of rotatable bonds is 4. The van der Waals surface area contributed by atoms with Gasteiger partial charge in [-0.05, 0) is 29.0 Å². The van der Waals surface area contributed by atoms with Crippen molar-refractivity contribution >= 4 is 39.1 Å². The van der Waals surface area contributed by atoms with Crippen LogP contribution in [0, 0.1) is 0 Å². The summed E-state index contributed by atoms with van der Waals surface area (Å²) in [6.07, 6.45) is 1.39. The summed E-state index contributed by atoms with van der Waals surface area (Å²) in [7, 11) is -3.61. The van der Waals surface area contributed by atoms with Crippen molar-refractivity contribution < 1.29 is 17.6 Å². The van der Waals surface area contributed by atoms with Crippen LogP contribution in [0.1, 0.15) is 16.1 Å². The second-order valence-corrected chi connectivity index (χ2v) is 8.65. The van der Waals surface area contributed by atoms with E-state index in [1.54, 1.807) is 23.1 Å². The summed E-state index contributed by atoms with van der Waals surface area (Å²) in [5, 5.41) is 1.88. The van der Waals surface area contributed by atoms with Crippen LogP contribution >= 0.6 is 12.4 Å². The van der Waals surface area contributed by atoms with E-state index in [1.807, 2.05) is 30.3 Å². The summed E-state index contributed by atoms with van der Waals surface area (Å²) in [6.45, 7) is 1.39. The molecular weight excluding hydrogens is 414 g/mol. The number of hydrogen-bond donors (Lipinski definition) is 1. The number of nitrogens with zero attached hydrogens (tertiary/aromatic N) is 2.